The Morgan fingerprint density at radius 2 is 2.16 bits per heavy atom. The van der Waals surface area contributed by atoms with E-state index in [9.17, 15) is 10.1 Å². The molecule has 0 saturated carbocycles. The number of aromatic nitrogens is 1. The molecule has 0 atom stereocenters. The zero-order chi connectivity index (χ0) is 13.8. The number of benzene rings is 1. The molecule has 1 N–H and O–H groups in total. The highest BCUT2D eigenvalue weighted by atomic mass is 16.6. The molecule has 6 heteroatoms. The van der Waals surface area contributed by atoms with E-state index in [2.05, 4.69) is 10.3 Å². The molecule has 1 aromatic heterocycles. The Balaban J connectivity index is 2.36. The van der Waals surface area contributed by atoms with Crippen LogP contribution in [0.15, 0.2) is 36.7 Å². The Morgan fingerprint density at radius 1 is 1.37 bits per heavy atom. The van der Waals surface area contributed by atoms with Gasteiger partial charge in [-0.3, -0.25) is 15.1 Å². The number of nitro benzene ring substituents is 1. The van der Waals surface area contributed by atoms with Crippen LogP contribution in [-0.4, -0.2) is 9.91 Å². The summed E-state index contributed by atoms with van der Waals surface area (Å²) in [7, 11) is 0. The Labute approximate surface area is 109 Å². The van der Waals surface area contributed by atoms with Gasteiger partial charge in [0.1, 0.15) is 6.07 Å². The molecule has 0 aliphatic carbocycles. The quantitative estimate of drug-likeness (QED) is 0.671. The summed E-state index contributed by atoms with van der Waals surface area (Å²) < 4.78 is 0. The van der Waals surface area contributed by atoms with Crippen LogP contribution in [0.5, 0.6) is 0 Å². The van der Waals surface area contributed by atoms with Crippen molar-refractivity contribution in [3.05, 3.63) is 57.9 Å². The first kappa shape index (κ1) is 12.5. The molecule has 6 nitrogen and oxygen atoms in total. The van der Waals surface area contributed by atoms with E-state index in [0.717, 1.165) is 11.3 Å². The lowest BCUT2D eigenvalue weighted by Gasteiger charge is -2.08. The van der Waals surface area contributed by atoms with Crippen LogP contribution in [0.2, 0.25) is 0 Å². The third-order valence-electron chi connectivity index (χ3n) is 2.49. The molecule has 94 valence electrons. The predicted molar refractivity (Wildman–Crippen MR) is 70.1 cm³/mol. The molecule has 2 aromatic rings. The van der Waals surface area contributed by atoms with Crippen molar-refractivity contribution in [3.63, 3.8) is 0 Å². The summed E-state index contributed by atoms with van der Waals surface area (Å²) in [5, 5.41) is 22.7. The van der Waals surface area contributed by atoms with E-state index >= 15 is 0 Å². The van der Waals surface area contributed by atoms with Crippen LogP contribution >= 0.6 is 0 Å². The Bertz CT molecular complexity index is 677. The van der Waals surface area contributed by atoms with Crippen LogP contribution < -0.4 is 5.32 Å². The van der Waals surface area contributed by atoms with E-state index in [1.807, 2.05) is 19.1 Å². The second kappa shape index (κ2) is 5.14. The number of nitrogens with one attached hydrogen (secondary N) is 1. The minimum absolute atomic E-state index is 0.107. The number of hydrogen-bond acceptors (Lipinski definition) is 5. The average molecular weight is 254 g/mol. The molecular formula is C13H10N4O2. The van der Waals surface area contributed by atoms with Crippen LogP contribution in [0, 0.1) is 28.4 Å². The molecule has 0 amide bonds. The van der Waals surface area contributed by atoms with Gasteiger partial charge in [0.15, 0.2) is 0 Å². The van der Waals surface area contributed by atoms with Crippen molar-refractivity contribution in [1.29, 1.82) is 5.26 Å². The van der Waals surface area contributed by atoms with Crippen molar-refractivity contribution >= 4 is 17.1 Å². The summed E-state index contributed by atoms with van der Waals surface area (Å²) in [4.78, 5) is 14.1. The SMILES string of the molecule is Cc1cncc(Nc2ccc([N+](=O)[O-])cc2C#N)c1. The fraction of sp³-hybridized carbons (Fsp3) is 0.0769. The minimum Gasteiger partial charge on any atom is -0.353 e. The molecule has 19 heavy (non-hydrogen) atoms. The van der Waals surface area contributed by atoms with E-state index in [4.69, 9.17) is 5.26 Å². The van der Waals surface area contributed by atoms with Crippen molar-refractivity contribution in [1.82, 2.24) is 4.98 Å². The Kier molecular flexibility index (Phi) is 3.39. The number of nitrogens with zero attached hydrogens (tertiary/aromatic N) is 3. The number of hydrogen-bond donors (Lipinski definition) is 1. The molecule has 0 fully saturated rings. The first-order valence-corrected chi connectivity index (χ1v) is 5.47. The maximum Gasteiger partial charge on any atom is 0.270 e. The smallest absolute Gasteiger partial charge is 0.270 e. The lowest BCUT2D eigenvalue weighted by molar-refractivity contribution is -0.384. The number of pyridine rings is 1. The first-order chi connectivity index (χ1) is 9.10. The fourth-order valence-corrected chi connectivity index (χ4v) is 1.63. The zero-order valence-corrected chi connectivity index (χ0v) is 10.1. The maximum absolute atomic E-state index is 10.6. The summed E-state index contributed by atoms with van der Waals surface area (Å²) in [5.41, 5.74) is 2.33. The minimum atomic E-state index is -0.529. The monoisotopic (exact) mass is 254 g/mol. The van der Waals surface area contributed by atoms with Gasteiger partial charge in [0, 0.05) is 18.3 Å². The molecular weight excluding hydrogens is 244 g/mol. The second-order valence-electron chi connectivity index (χ2n) is 3.97. The normalized spacial score (nSPS) is 9.68. The standard InChI is InChI=1S/C13H10N4O2/c1-9-4-11(8-15-7-9)16-13-3-2-12(17(18)19)5-10(13)6-14/h2-5,7-8,16H,1H3. The number of aryl methyl sites for hydroxylation is 1. The topological polar surface area (TPSA) is 91.8 Å². The molecule has 1 heterocycles. The van der Waals surface area contributed by atoms with Crippen LogP contribution in [-0.2, 0) is 0 Å². The summed E-state index contributed by atoms with van der Waals surface area (Å²) in [6, 6.07) is 7.92. The van der Waals surface area contributed by atoms with Gasteiger partial charge in [-0.25, -0.2) is 0 Å². The molecule has 0 saturated heterocycles. The van der Waals surface area contributed by atoms with Gasteiger partial charge in [-0.2, -0.15) is 5.26 Å². The van der Waals surface area contributed by atoms with Crippen LogP contribution in [0.3, 0.4) is 0 Å². The van der Waals surface area contributed by atoms with Crippen molar-refractivity contribution in [2.75, 3.05) is 5.32 Å². The van der Waals surface area contributed by atoms with Crippen molar-refractivity contribution in [3.8, 4) is 6.07 Å². The van der Waals surface area contributed by atoms with Gasteiger partial charge in [-0.1, -0.05) is 0 Å². The van der Waals surface area contributed by atoms with Crippen molar-refractivity contribution in [2.24, 2.45) is 0 Å². The van der Waals surface area contributed by atoms with Crippen molar-refractivity contribution in [2.45, 2.75) is 6.92 Å². The van der Waals surface area contributed by atoms with E-state index in [1.54, 1.807) is 12.4 Å². The van der Waals surface area contributed by atoms with E-state index < -0.39 is 4.92 Å². The van der Waals surface area contributed by atoms with Gasteiger partial charge in [0.05, 0.1) is 28.1 Å². The summed E-state index contributed by atoms with van der Waals surface area (Å²) in [6.07, 6.45) is 3.34. The highest BCUT2D eigenvalue weighted by molar-refractivity contribution is 5.68. The number of rotatable bonds is 3. The predicted octanol–water partition coefficient (Wildman–Crippen LogP) is 2.91. The van der Waals surface area contributed by atoms with Gasteiger partial charge in [0.2, 0.25) is 0 Å². The number of nitriles is 1. The summed E-state index contributed by atoms with van der Waals surface area (Å²) >= 11 is 0. The van der Waals surface area contributed by atoms with Crippen LogP contribution in [0.25, 0.3) is 0 Å². The summed E-state index contributed by atoms with van der Waals surface area (Å²) in [6.45, 7) is 1.90. The van der Waals surface area contributed by atoms with E-state index in [1.165, 1.54) is 18.2 Å². The van der Waals surface area contributed by atoms with E-state index in [0.29, 0.717) is 5.69 Å². The molecule has 0 bridgehead atoms. The Morgan fingerprint density at radius 3 is 2.79 bits per heavy atom. The number of nitro groups is 1. The molecule has 2 rings (SSSR count). The average Bonchev–Trinajstić information content (AvgIpc) is 2.39. The second-order valence-corrected chi connectivity index (χ2v) is 3.97. The van der Waals surface area contributed by atoms with Crippen LogP contribution in [0.1, 0.15) is 11.1 Å². The van der Waals surface area contributed by atoms with Gasteiger partial charge in [-0.05, 0) is 24.6 Å². The largest absolute Gasteiger partial charge is 0.353 e. The fourth-order valence-electron chi connectivity index (χ4n) is 1.63. The van der Waals surface area contributed by atoms with Gasteiger partial charge in [-0.15, -0.1) is 0 Å². The first-order valence-electron chi connectivity index (χ1n) is 5.47. The van der Waals surface area contributed by atoms with Gasteiger partial charge >= 0.3 is 0 Å². The lowest BCUT2D eigenvalue weighted by atomic mass is 10.1. The van der Waals surface area contributed by atoms with Gasteiger partial charge < -0.3 is 5.32 Å². The van der Waals surface area contributed by atoms with Gasteiger partial charge in [0.25, 0.3) is 5.69 Å². The Hall–Kier alpha value is -2.94. The highest BCUT2D eigenvalue weighted by Crippen LogP contribution is 2.24. The molecule has 0 spiro atoms. The zero-order valence-electron chi connectivity index (χ0n) is 10.1. The highest BCUT2D eigenvalue weighted by Gasteiger charge is 2.10. The number of anilines is 2. The molecule has 0 unspecified atom stereocenters. The molecule has 1 aromatic carbocycles. The van der Waals surface area contributed by atoms with Crippen molar-refractivity contribution < 1.29 is 4.92 Å². The third kappa shape index (κ3) is 2.84. The number of non-ortho nitro benzene ring substituents is 1. The molecule has 0 radical (unpaired) electrons. The van der Waals surface area contributed by atoms with Crippen LogP contribution in [0.4, 0.5) is 17.1 Å². The molecule has 0 aliphatic heterocycles. The van der Waals surface area contributed by atoms with E-state index in [-0.39, 0.29) is 11.3 Å². The molecule has 0 aliphatic rings. The summed E-state index contributed by atoms with van der Waals surface area (Å²) in [5.74, 6) is 0. The maximum atomic E-state index is 10.6. The third-order valence-corrected chi connectivity index (χ3v) is 2.49. The lowest BCUT2D eigenvalue weighted by Crippen LogP contribution is -1.96.